The van der Waals surface area contributed by atoms with Gasteiger partial charge in [-0.1, -0.05) is 167 Å². The van der Waals surface area contributed by atoms with Crippen LogP contribution >= 0.6 is 0 Å². The SMILES string of the molecule is CCCCCCCCCCCCC/C=C/[C@@H](O)[C@H](CO[C@@H]1OC(CO)[C@@H](O[C@@H]2OC(CO)[C@H](O[C@@H]3OC(CO)[C@H](O)[C@H](O[C@@H]4OC(CO)[C@H](O)[C@H](O[C@@H]5OC(CO)[C@@H](O)[C@H](O[C@H]6OC(C)[C@@H](O)C(O)[C@@H]6O)C5NC(C)=O)C4O)C3NC(C)=O)[C@H](O[C@]3(C(=O)O)CC(O)[C@@H](NC(C)=O)C([C@H](O)[C@H](O)CO)O3)C2O)[C@H](O)C1O)NC(=O)CCCCCCCCCCCCCCC. The quantitative estimate of drug-likeness (QED) is 0.0200. The minimum absolute atomic E-state index is 0.0998. The van der Waals surface area contributed by atoms with E-state index in [2.05, 4.69) is 35.1 Å². The van der Waals surface area contributed by atoms with E-state index in [0.717, 1.165) is 85.0 Å². The molecule has 750 valence electrons. The van der Waals surface area contributed by atoms with Crippen LogP contribution in [-0.2, 0) is 90.3 Å². The van der Waals surface area contributed by atoms with Crippen LogP contribution in [-0.4, -0.2) is 416 Å². The molecule has 7 saturated heterocycles. The van der Waals surface area contributed by atoms with Crippen LogP contribution in [0.25, 0.3) is 0 Å². The van der Waals surface area contributed by atoms with Crippen LogP contribution in [0.2, 0.25) is 0 Å². The molecule has 44 heteroatoms. The number of hydrogen-bond donors (Lipinski definition) is 25. The number of allylic oxidation sites excluding steroid dienone is 1. The van der Waals surface area contributed by atoms with Gasteiger partial charge in [0.15, 0.2) is 37.7 Å². The van der Waals surface area contributed by atoms with Gasteiger partial charge in [-0.25, -0.2) is 4.79 Å². The Morgan fingerprint density at radius 3 is 1.27 bits per heavy atom. The van der Waals surface area contributed by atoms with Gasteiger partial charge >= 0.3 is 5.97 Å². The van der Waals surface area contributed by atoms with Crippen LogP contribution in [0.5, 0.6) is 0 Å². The third-order valence-corrected chi connectivity index (χ3v) is 24.7. The number of carboxylic acid groups (broad SMARTS) is 1. The second kappa shape index (κ2) is 56.4. The van der Waals surface area contributed by atoms with E-state index in [1.54, 1.807) is 6.08 Å². The number of carbonyl (C=O) groups excluding carboxylic acids is 4. The zero-order chi connectivity index (χ0) is 94.9. The van der Waals surface area contributed by atoms with E-state index in [-0.39, 0.29) is 6.42 Å². The predicted octanol–water partition coefficient (Wildman–Crippen LogP) is -5.00. The number of carbonyl (C=O) groups is 5. The summed E-state index contributed by atoms with van der Waals surface area (Å²) in [6, 6.07) is -6.92. The smallest absolute Gasteiger partial charge is 0.364 e. The van der Waals surface area contributed by atoms with Gasteiger partial charge in [0.25, 0.3) is 5.79 Å². The van der Waals surface area contributed by atoms with E-state index in [9.17, 15) is 131 Å². The van der Waals surface area contributed by atoms with Crippen molar-refractivity contribution in [1.29, 1.82) is 0 Å². The molecule has 0 radical (unpaired) electrons. The summed E-state index contributed by atoms with van der Waals surface area (Å²) in [7, 11) is 0. The molecule has 4 amide bonds. The van der Waals surface area contributed by atoms with Gasteiger partial charge in [-0.15, -0.1) is 0 Å². The number of aliphatic carboxylic acids is 1. The summed E-state index contributed by atoms with van der Waals surface area (Å²) in [6.45, 7) is 0.858. The van der Waals surface area contributed by atoms with Gasteiger partial charge in [0.05, 0.1) is 76.6 Å². The Balaban J connectivity index is 1.17. The number of aliphatic hydroxyl groups is 20. The Hall–Kier alpha value is -4.27. The van der Waals surface area contributed by atoms with E-state index >= 15 is 0 Å². The topological polar surface area (TPSA) is 688 Å². The number of carboxylic acids is 1. The lowest BCUT2D eigenvalue weighted by molar-refractivity contribution is -0.404. The molecule has 0 aromatic rings. The average molecular weight is 1870 g/mol. The van der Waals surface area contributed by atoms with Crippen LogP contribution < -0.4 is 21.3 Å². The minimum atomic E-state index is -3.48. The maximum Gasteiger partial charge on any atom is 0.364 e. The van der Waals surface area contributed by atoms with Gasteiger partial charge in [-0.2, -0.15) is 0 Å². The van der Waals surface area contributed by atoms with Crippen LogP contribution in [0.4, 0.5) is 0 Å². The molecule has 14 unspecified atom stereocenters. The number of ether oxygens (including phenoxy) is 14. The first-order valence-electron chi connectivity index (χ1n) is 46.0. The summed E-state index contributed by atoms with van der Waals surface area (Å²) >= 11 is 0. The molecule has 44 nitrogen and oxygen atoms in total. The standard InChI is InChI=1S/C85H150N4O40/c1-7-9-11-13-15-17-19-21-23-25-27-29-31-33-48(99)47(89-56(102)34-32-30-28-26-24-22-20-18-16-14-12-10-8-2)42-116-80-68(111)66(109)71(54(40-94)121-80)123-83-70(113)77(129-85(84(114)115)35-49(100)57(86-44(4)96)75(128-85)61(104)50(101)36-90)72(55(41-95)122-83)124-78-58(87-45(5)97)74(63(106)51(37-91)118-78)126-82-69(112)76(64(107)53(39-93)120-82)127-79-59(88-46(6)98)73(62(105)52(38-92)119-79)125-81-67(110)65(108)60(103)43(3)117-81/h31,33,43,47-55,57-83,90-95,99-101,103-113H,7-30,32,34-42H2,1-6H3,(H,86,96)(H,87,97)(H,88,98)(H,89,102)(H,114,115)/b33-31+/t43?,47-,48+,49?,50+,51?,52?,53?,54?,55?,57+,58?,59?,60+,61+,62+,63-,64-,65?,66+,67-,68?,69?,70?,71+,72-,73+,74+,75?,76-,77+,78-,79-,80+,81+,82-,83-,85-/m0/s1. The van der Waals surface area contributed by atoms with E-state index < -0.39 is 315 Å². The highest BCUT2D eigenvalue weighted by Crippen LogP contribution is 2.43. The van der Waals surface area contributed by atoms with Gasteiger partial charge in [-0.05, 0) is 26.2 Å². The Morgan fingerprint density at radius 2 is 0.806 bits per heavy atom. The molecule has 25 N–H and O–H groups in total. The second-order valence-corrected chi connectivity index (χ2v) is 34.9. The van der Waals surface area contributed by atoms with Crippen molar-refractivity contribution >= 4 is 29.6 Å². The summed E-state index contributed by atoms with van der Waals surface area (Å²) in [4.78, 5) is 67.0. The van der Waals surface area contributed by atoms with Gasteiger partial charge in [0.1, 0.15) is 159 Å². The molecule has 129 heavy (non-hydrogen) atoms. The predicted molar refractivity (Wildman–Crippen MR) is 445 cm³/mol. The van der Waals surface area contributed by atoms with E-state index in [1.165, 1.54) is 96.5 Å². The molecule has 38 atom stereocenters. The molecular weight excluding hydrogens is 1720 g/mol. The van der Waals surface area contributed by atoms with Crippen LogP contribution in [0, 0.1) is 0 Å². The molecule has 0 aromatic heterocycles. The monoisotopic (exact) mass is 1870 g/mol. The Morgan fingerprint density at radius 1 is 0.419 bits per heavy atom. The van der Waals surface area contributed by atoms with Crippen molar-refractivity contribution in [2.24, 2.45) is 0 Å². The van der Waals surface area contributed by atoms with Crippen molar-refractivity contribution in [3.05, 3.63) is 12.2 Å². The highest BCUT2D eigenvalue weighted by atomic mass is 16.8. The minimum Gasteiger partial charge on any atom is -0.477 e. The molecule has 0 saturated carbocycles. The Bertz CT molecular complexity index is 3240. The van der Waals surface area contributed by atoms with E-state index in [4.69, 9.17) is 66.3 Å². The van der Waals surface area contributed by atoms with Gasteiger partial charge in [0, 0.05) is 33.6 Å². The number of rotatable bonds is 56. The molecule has 7 aliphatic rings. The lowest BCUT2D eigenvalue weighted by atomic mass is 9.88. The fraction of sp³-hybridized carbons (Fsp3) is 0.918. The zero-order valence-electron chi connectivity index (χ0n) is 74.7. The van der Waals surface area contributed by atoms with Gasteiger partial charge in [0.2, 0.25) is 23.6 Å². The summed E-state index contributed by atoms with van der Waals surface area (Å²) < 4.78 is 84.9. The molecule has 0 aromatic carbocycles. The molecule has 0 bridgehead atoms. The van der Waals surface area contributed by atoms with Crippen LogP contribution in [0.3, 0.4) is 0 Å². The first-order valence-corrected chi connectivity index (χ1v) is 46.0. The first kappa shape index (κ1) is 112. The molecule has 0 spiro atoms. The molecule has 0 aliphatic carbocycles. The number of nitrogens with one attached hydrogen (secondary N) is 4. The third kappa shape index (κ3) is 31.9. The highest BCUT2D eigenvalue weighted by Gasteiger charge is 2.63. The second-order valence-electron chi connectivity index (χ2n) is 34.9. The molecule has 7 fully saturated rings. The summed E-state index contributed by atoms with van der Waals surface area (Å²) in [5.74, 6) is -8.94. The summed E-state index contributed by atoms with van der Waals surface area (Å²) in [5.41, 5.74) is 0. The number of amides is 4. The lowest BCUT2D eigenvalue weighted by Crippen LogP contribution is -2.72. The van der Waals surface area contributed by atoms with Crippen molar-refractivity contribution in [3.8, 4) is 0 Å². The third-order valence-electron chi connectivity index (χ3n) is 24.7. The average Bonchev–Trinajstić information content (AvgIpc) is 0.734. The summed E-state index contributed by atoms with van der Waals surface area (Å²) in [5, 5.41) is 249. The largest absolute Gasteiger partial charge is 0.477 e. The fourth-order valence-electron chi connectivity index (χ4n) is 17.3. The molecule has 7 rings (SSSR count). The Kier molecular flexibility index (Phi) is 48.9. The number of unbranched alkanes of at least 4 members (excludes halogenated alkanes) is 23. The zero-order valence-corrected chi connectivity index (χ0v) is 74.7. The highest BCUT2D eigenvalue weighted by molar-refractivity contribution is 5.77. The number of hydrogen-bond acceptors (Lipinski definition) is 39. The number of aliphatic hydroxyl groups excluding tert-OH is 20. The van der Waals surface area contributed by atoms with Crippen molar-refractivity contribution in [2.75, 3.05) is 46.2 Å². The maximum absolute atomic E-state index is 14.1. The van der Waals surface area contributed by atoms with Crippen LogP contribution in [0.1, 0.15) is 215 Å². The maximum atomic E-state index is 14.1. The van der Waals surface area contributed by atoms with Crippen molar-refractivity contribution in [3.63, 3.8) is 0 Å². The van der Waals surface area contributed by atoms with E-state index in [1.807, 2.05) is 0 Å². The van der Waals surface area contributed by atoms with Gasteiger partial charge in [-0.3, -0.25) is 19.2 Å². The molecule has 7 aliphatic heterocycles. The first-order chi connectivity index (χ1) is 61.6. The van der Waals surface area contributed by atoms with Gasteiger partial charge < -0.3 is 195 Å². The lowest BCUT2D eigenvalue weighted by Gasteiger charge is -2.53. The summed E-state index contributed by atoms with van der Waals surface area (Å²) in [6.07, 6.45) is -39.8. The normalized spacial score (nSPS) is 37.9. The Labute approximate surface area is 751 Å². The van der Waals surface area contributed by atoms with Crippen molar-refractivity contribution < 1.29 is 198 Å². The van der Waals surface area contributed by atoms with Crippen molar-refractivity contribution in [1.82, 2.24) is 21.3 Å². The van der Waals surface area contributed by atoms with Crippen LogP contribution in [0.15, 0.2) is 12.2 Å². The van der Waals surface area contributed by atoms with Crippen molar-refractivity contribution in [2.45, 2.75) is 447 Å². The fourth-order valence-corrected chi connectivity index (χ4v) is 17.3. The molecular formula is C85H150N4O40. The van der Waals surface area contributed by atoms with E-state index in [0.29, 0.717) is 12.8 Å². The molecule has 7 heterocycles.